The standard InChI is InChI=1S/C15H13N3OS/c1-11-5-4-6-12(9-11)17-15-18(14(19)10-20-15)13-7-2-3-8-16-13/h2-9H,10H2,1H3. The number of thioether (sulfide) groups is 1. The van der Waals surface area contributed by atoms with Gasteiger partial charge < -0.3 is 0 Å². The molecule has 4 nitrogen and oxygen atoms in total. The van der Waals surface area contributed by atoms with Crippen LogP contribution < -0.4 is 4.90 Å². The van der Waals surface area contributed by atoms with E-state index in [1.807, 2.05) is 49.4 Å². The fourth-order valence-corrected chi connectivity index (χ4v) is 2.84. The van der Waals surface area contributed by atoms with Crippen LogP contribution in [-0.2, 0) is 4.79 Å². The Morgan fingerprint density at radius 2 is 2.15 bits per heavy atom. The summed E-state index contributed by atoms with van der Waals surface area (Å²) in [4.78, 5) is 22.4. The first-order valence-electron chi connectivity index (χ1n) is 6.26. The topological polar surface area (TPSA) is 45.6 Å². The van der Waals surface area contributed by atoms with Crippen molar-refractivity contribution >= 4 is 34.3 Å². The van der Waals surface area contributed by atoms with Crippen molar-refractivity contribution < 1.29 is 4.79 Å². The van der Waals surface area contributed by atoms with Crippen LogP contribution in [0.1, 0.15) is 5.56 Å². The van der Waals surface area contributed by atoms with Gasteiger partial charge >= 0.3 is 0 Å². The van der Waals surface area contributed by atoms with E-state index in [2.05, 4.69) is 9.98 Å². The largest absolute Gasteiger partial charge is 0.273 e. The highest BCUT2D eigenvalue weighted by molar-refractivity contribution is 8.15. The second-order valence-electron chi connectivity index (χ2n) is 4.44. The van der Waals surface area contributed by atoms with Crippen LogP contribution in [0, 0.1) is 6.92 Å². The second kappa shape index (κ2) is 5.46. The summed E-state index contributed by atoms with van der Waals surface area (Å²) in [5.41, 5.74) is 1.99. The van der Waals surface area contributed by atoms with Crippen molar-refractivity contribution in [3.8, 4) is 0 Å². The predicted molar refractivity (Wildman–Crippen MR) is 82.5 cm³/mol. The molecule has 1 aromatic heterocycles. The molecule has 0 radical (unpaired) electrons. The van der Waals surface area contributed by atoms with Gasteiger partial charge in [0.2, 0.25) is 5.91 Å². The Morgan fingerprint density at radius 3 is 2.90 bits per heavy atom. The lowest BCUT2D eigenvalue weighted by Gasteiger charge is -2.14. The molecule has 20 heavy (non-hydrogen) atoms. The Bertz CT molecular complexity index is 670. The summed E-state index contributed by atoms with van der Waals surface area (Å²) in [6.07, 6.45) is 1.68. The van der Waals surface area contributed by atoms with Gasteiger partial charge in [0.1, 0.15) is 5.82 Å². The summed E-state index contributed by atoms with van der Waals surface area (Å²) in [5, 5.41) is 0.680. The number of nitrogens with zero attached hydrogens (tertiary/aromatic N) is 3. The zero-order valence-electron chi connectivity index (χ0n) is 11.0. The van der Waals surface area contributed by atoms with Crippen molar-refractivity contribution in [2.24, 2.45) is 4.99 Å². The van der Waals surface area contributed by atoms with Crippen molar-refractivity contribution in [2.45, 2.75) is 6.92 Å². The zero-order chi connectivity index (χ0) is 13.9. The number of amidine groups is 1. The first kappa shape index (κ1) is 12.9. The number of hydrogen-bond acceptors (Lipinski definition) is 4. The number of carbonyl (C=O) groups excluding carboxylic acids is 1. The van der Waals surface area contributed by atoms with Crippen LogP contribution in [0.4, 0.5) is 11.5 Å². The van der Waals surface area contributed by atoms with Crippen LogP contribution in [0.5, 0.6) is 0 Å². The lowest BCUT2D eigenvalue weighted by atomic mass is 10.2. The maximum Gasteiger partial charge on any atom is 0.244 e. The molecule has 1 aliphatic heterocycles. The molecule has 5 heteroatoms. The van der Waals surface area contributed by atoms with Crippen LogP contribution in [0.25, 0.3) is 0 Å². The Labute approximate surface area is 121 Å². The fourth-order valence-electron chi connectivity index (χ4n) is 1.96. The molecule has 1 aliphatic rings. The van der Waals surface area contributed by atoms with Gasteiger partial charge in [0.25, 0.3) is 0 Å². The van der Waals surface area contributed by atoms with Gasteiger partial charge in [0.05, 0.1) is 11.4 Å². The summed E-state index contributed by atoms with van der Waals surface area (Å²) in [6.45, 7) is 2.02. The maximum absolute atomic E-state index is 12.0. The van der Waals surface area contributed by atoms with Crippen molar-refractivity contribution in [1.82, 2.24) is 4.98 Å². The summed E-state index contributed by atoms with van der Waals surface area (Å²) < 4.78 is 0. The van der Waals surface area contributed by atoms with E-state index in [0.717, 1.165) is 11.3 Å². The molecule has 100 valence electrons. The molecular formula is C15H13N3OS. The number of hydrogen-bond donors (Lipinski definition) is 0. The number of aromatic nitrogens is 1. The quantitative estimate of drug-likeness (QED) is 0.850. The summed E-state index contributed by atoms with van der Waals surface area (Å²) in [5.74, 6) is 1.04. The van der Waals surface area contributed by atoms with Crippen LogP contribution >= 0.6 is 11.8 Å². The van der Waals surface area contributed by atoms with Gasteiger partial charge in [-0.1, -0.05) is 30.0 Å². The number of pyridine rings is 1. The summed E-state index contributed by atoms with van der Waals surface area (Å²) in [6, 6.07) is 13.4. The van der Waals surface area contributed by atoms with E-state index >= 15 is 0 Å². The molecular weight excluding hydrogens is 270 g/mol. The van der Waals surface area contributed by atoms with Gasteiger partial charge in [-0.05, 0) is 36.8 Å². The molecule has 0 saturated carbocycles. The number of amides is 1. The van der Waals surface area contributed by atoms with E-state index in [4.69, 9.17) is 0 Å². The molecule has 2 heterocycles. The molecule has 0 aliphatic carbocycles. The number of anilines is 1. The minimum Gasteiger partial charge on any atom is -0.273 e. The highest BCUT2D eigenvalue weighted by atomic mass is 32.2. The normalized spacial score (nSPS) is 16.9. The van der Waals surface area contributed by atoms with Crippen molar-refractivity contribution in [1.29, 1.82) is 0 Å². The van der Waals surface area contributed by atoms with E-state index in [1.165, 1.54) is 11.8 Å². The monoisotopic (exact) mass is 283 g/mol. The van der Waals surface area contributed by atoms with E-state index < -0.39 is 0 Å². The average molecular weight is 283 g/mol. The van der Waals surface area contributed by atoms with Crippen LogP contribution in [0.15, 0.2) is 53.7 Å². The molecule has 1 fully saturated rings. The van der Waals surface area contributed by atoms with Crippen LogP contribution in [-0.4, -0.2) is 21.8 Å². The maximum atomic E-state index is 12.0. The summed E-state index contributed by atoms with van der Waals surface area (Å²) in [7, 11) is 0. The van der Waals surface area contributed by atoms with E-state index in [-0.39, 0.29) is 5.91 Å². The SMILES string of the molecule is Cc1cccc(N=C2SCC(=O)N2c2ccccn2)c1. The van der Waals surface area contributed by atoms with E-state index in [1.54, 1.807) is 11.1 Å². The molecule has 0 atom stereocenters. The number of rotatable bonds is 2. The van der Waals surface area contributed by atoms with Gasteiger partial charge in [-0.25, -0.2) is 14.9 Å². The molecule has 1 saturated heterocycles. The minimum absolute atomic E-state index is 0.0140. The van der Waals surface area contributed by atoms with Gasteiger partial charge in [0.15, 0.2) is 5.17 Å². The predicted octanol–water partition coefficient (Wildman–Crippen LogP) is 3.16. The Balaban J connectivity index is 1.98. The Morgan fingerprint density at radius 1 is 1.25 bits per heavy atom. The molecule has 3 rings (SSSR count). The highest BCUT2D eigenvalue weighted by Gasteiger charge is 2.30. The number of benzene rings is 1. The van der Waals surface area contributed by atoms with Crippen molar-refractivity contribution in [3.05, 3.63) is 54.2 Å². The third kappa shape index (κ3) is 2.58. The van der Waals surface area contributed by atoms with E-state index in [9.17, 15) is 4.79 Å². The second-order valence-corrected chi connectivity index (χ2v) is 5.38. The molecule has 0 unspecified atom stereocenters. The third-order valence-corrected chi connectivity index (χ3v) is 3.79. The average Bonchev–Trinajstić information content (AvgIpc) is 2.81. The van der Waals surface area contributed by atoms with Crippen molar-refractivity contribution in [2.75, 3.05) is 10.7 Å². The fraction of sp³-hybridized carbons (Fsp3) is 0.133. The van der Waals surface area contributed by atoms with Crippen LogP contribution in [0.3, 0.4) is 0 Å². The number of aliphatic imine (C=N–C) groups is 1. The van der Waals surface area contributed by atoms with Gasteiger partial charge in [-0.2, -0.15) is 0 Å². The lowest BCUT2D eigenvalue weighted by molar-refractivity contribution is -0.115. The van der Waals surface area contributed by atoms with Gasteiger partial charge in [-0.3, -0.25) is 4.79 Å². The minimum atomic E-state index is 0.0140. The highest BCUT2D eigenvalue weighted by Crippen LogP contribution is 2.27. The van der Waals surface area contributed by atoms with Gasteiger partial charge in [-0.15, -0.1) is 0 Å². The smallest absolute Gasteiger partial charge is 0.244 e. The molecule has 0 N–H and O–H groups in total. The molecule has 2 aromatic rings. The molecule has 0 bridgehead atoms. The number of carbonyl (C=O) groups is 1. The third-order valence-electron chi connectivity index (χ3n) is 2.87. The molecule has 1 aromatic carbocycles. The molecule has 0 spiro atoms. The van der Waals surface area contributed by atoms with Crippen molar-refractivity contribution in [3.63, 3.8) is 0 Å². The Hall–Kier alpha value is -2.14. The van der Waals surface area contributed by atoms with Crippen LogP contribution in [0.2, 0.25) is 0 Å². The zero-order valence-corrected chi connectivity index (χ0v) is 11.8. The number of aryl methyl sites for hydroxylation is 1. The molecule has 1 amide bonds. The first-order chi connectivity index (χ1) is 9.74. The van der Waals surface area contributed by atoms with E-state index in [0.29, 0.717) is 16.7 Å². The first-order valence-corrected chi connectivity index (χ1v) is 7.25. The lowest BCUT2D eigenvalue weighted by Crippen LogP contribution is -2.29. The van der Waals surface area contributed by atoms with Gasteiger partial charge in [0, 0.05) is 6.20 Å². The summed E-state index contributed by atoms with van der Waals surface area (Å²) >= 11 is 1.44. The Kier molecular flexibility index (Phi) is 3.52.